The molecule has 0 spiro atoms. The number of nitrogen functional groups attached to an aromatic ring is 1. The van der Waals surface area contributed by atoms with E-state index in [1.807, 2.05) is 10.9 Å². The van der Waals surface area contributed by atoms with Crippen molar-refractivity contribution in [1.82, 2.24) is 14.7 Å². The first-order valence-electron chi connectivity index (χ1n) is 5.79. The summed E-state index contributed by atoms with van der Waals surface area (Å²) < 4.78 is 7.58. The zero-order valence-electron chi connectivity index (χ0n) is 9.97. The van der Waals surface area contributed by atoms with Gasteiger partial charge in [-0.15, -0.1) is 0 Å². The lowest BCUT2D eigenvalue weighted by Gasteiger charge is -2.35. The van der Waals surface area contributed by atoms with Crippen molar-refractivity contribution in [3.63, 3.8) is 0 Å². The van der Waals surface area contributed by atoms with E-state index < -0.39 is 0 Å². The fourth-order valence-electron chi connectivity index (χ4n) is 2.21. The van der Waals surface area contributed by atoms with E-state index in [4.69, 9.17) is 10.5 Å². The van der Waals surface area contributed by atoms with Crippen LogP contribution in [0.2, 0.25) is 0 Å². The molecule has 1 aliphatic rings. The van der Waals surface area contributed by atoms with Crippen LogP contribution in [0.1, 0.15) is 13.8 Å². The molecule has 1 saturated heterocycles. The molecule has 2 atom stereocenters. The molecule has 0 unspecified atom stereocenters. The molecular formula is C11H20N4O. The van der Waals surface area contributed by atoms with Crippen LogP contribution in [0.15, 0.2) is 12.4 Å². The predicted octanol–water partition coefficient (Wildman–Crippen LogP) is 0.574. The van der Waals surface area contributed by atoms with Crippen LogP contribution >= 0.6 is 0 Å². The number of morpholine rings is 1. The Bertz CT molecular complexity index is 328. The van der Waals surface area contributed by atoms with Gasteiger partial charge < -0.3 is 10.5 Å². The summed E-state index contributed by atoms with van der Waals surface area (Å²) in [4.78, 5) is 2.41. The average molecular weight is 224 g/mol. The van der Waals surface area contributed by atoms with Crippen LogP contribution in [-0.2, 0) is 11.3 Å². The van der Waals surface area contributed by atoms with E-state index in [0.29, 0.717) is 12.2 Å². The second-order valence-corrected chi connectivity index (χ2v) is 4.55. The number of hydrogen-bond acceptors (Lipinski definition) is 4. The van der Waals surface area contributed by atoms with E-state index in [0.717, 1.165) is 31.9 Å². The fraction of sp³-hybridized carbons (Fsp3) is 0.727. The lowest BCUT2D eigenvalue weighted by atomic mass is 10.2. The zero-order chi connectivity index (χ0) is 11.5. The van der Waals surface area contributed by atoms with E-state index >= 15 is 0 Å². The molecule has 0 radical (unpaired) electrons. The van der Waals surface area contributed by atoms with Crippen LogP contribution < -0.4 is 5.73 Å². The van der Waals surface area contributed by atoms with Gasteiger partial charge in [0.25, 0.3) is 0 Å². The molecule has 0 aliphatic carbocycles. The van der Waals surface area contributed by atoms with Gasteiger partial charge >= 0.3 is 0 Å². The molecule has 5 heteroatoms. The van der Waals surface area contributed by atoms with Crippen molar-refractivity contribution in [2.75, 3.05) is 25.4 Å². The predicted molar refractivity (Wildman–Crippen MR) is 63.1 cm³/mol. The second-order valence-electron chi connectivity index (χ2n) is 4.55. The van der Waals surface area contributed by atoms with Crippen molar-refractivity contribution >= 4 is 5.69 Å². The largest absolute Gasteiger partial charge is 0.396 e. The van der Waals surface area contributed by atoms with Gasteiger partial charge in [-0.05, 0) is 13.8 Å². The molecule has 1 fully saturated rings. The summed E-state index contributed by atoms with van der Waals surface area (Å²) in [5.41, 5.74) is 6.34. The first kappa shape index (κ1) is 11.4. The van der Waals surface area contributed by atoms with Gasteiger partial charge in [0, 0.05) is 25.8 Å². The van der Waals surface area contributed by atoms with E-state index in [-0.39, 0.29) is 0 Å². The molecule has 0 aromatic carbocycles. The van der Waals surface area contributed by atoms with Crippen LogP contribution in [0.3, 0.4) is 0 Å². The van der Waals surface area contributed by atoms with E-state index in [1.165, 1.54) is 0 Å². The Morgan fingerprint density at radius 1 is 1.38 bits per heavy atom. The van der Waals surface area contributed by atoms with Gasteiger partial charge in [-0.2, -0.15) is 5.10 Å². The number of hydrogen-bond donors (Lipinski definition) is 1. The summed E-state index contributed by atoms with van der Waals surface area (Å²) in [5, 5.41) is 4.17. The van der Waals surface area contributed by atoms with Crippen molar-refractivity contribution in [2.24, 2.45) is 0 Å². The summed E-state index contributed by atoms with van der Waals surface area (Å²) in [6.45, 7) is 8.13. The molecule has 0 saturated carbocycles. The van der Waals surface area contributed by atoms with Crippen LogP contribution in [0.4, 0.5) is 5.69 Å². The van der Waals surface area contributed by atoms with Crippen molar-refractivity contribution in [1.29, 1.82) is 0 Å². The smallest absolute Gasteiger partial charge is 0.0719 e. The molecule has 16 heavy (non-hydrogen) atoms. The average Bonchev–Trinajstić information content (AvgIpc) is 2.60. The SMILES string of the molecule is C[C@@H]1CN(CCn2cc(N)cn2)C[C@H](C)O1. The quantitative estimate of drug-likeness (QED) is 0.815. The topological polar surface area (TPSA) is 56.3 Å². The Morgan fingerprint density at radius 2 is 2.06 bits per heavy atom. The van der Waals surface area contributed by atoms with Crippen LogP contribution in [0.5, 0.6) is 0 Å². The number of anilines is 1. The van der Waals surface area contributed by atoms with E-state index in [1.54, 1.807) is 6.20 Å². The number of ether oxygens (including phenoxy) is 1. The molecule has 0 amide bonds. The molecule has 2 N–H and O–H groups in total. The first-order chi connectivity index (χ1) is 7.63. The fourth-order valence-corrected chi connectivity index (χ4v) is 2.21. The molecule has 2 rings (SSSR count). The van der Waals surface area contributed by atoms with Gasteiger partial charge in [0.15, 0.2) is 0 Å². The number of nitrogens with zero attached hydrogens (tertiary/aromatic N) is 3. The van der Waals surface area contributed by atoms with Gasteiger partial charge in [0.1, 0.15) is 0 Å². The minimum absolute atomic E-state index is 0.325. The summed E-state index contributed by atoms with van der Waals surface area (Å²) in [6.07, 6.45) is 4.20. The van der Waals surface area contributed by atoms with Crippen LogP contribution in [0.25, 0.3) is 0 Å². The van der Waals surface area contributed by atoms with Crippen molar-refractivity contribution in [3.8, 4) is 0 Å². The highest BCUT2D eigenvalue weighted by Gasteiger charge is 2.21. The maximum Gasteiger partial charge on any atom is 0.0719 e. The van der Waals surface area contributed by atoms with Crippen molar-refractivity contribution < 1.29 is 4.74 Å². The Morgan fingerprint density at radius 3 is 2.62 bits per heavy atom. The maximum atomic E-state index is 5.69. The molecule has 1 aromatic rings. The van der Waals surface area contributed by atoms with Crippen LogP contribution in [0, 0.1) is 0 Å². The lowest BCUT2D eigenvalue weighted by Crippen LogP contribution is -2.46. The minimum atomic E-state index is 0.325. The molecule has 90 valence electrons. The second kappa shape index (κ2) is 4.84. The van der Waals surface area contributed by atoms with E-state index in [2.05, 4.69) is 23.8 Å². The third-order valence-corrected chi connectivity index (χ3v) is 2.79. The normalized spacial score (nSPS) is 27.1. The highest BCUT2D eigenvalue weighted by atomic mass is 16.5. The number of aromatic nitrogens is 2. The molecular weight excluding hydrogens is 204 g/mol. The first-order valence-corrected chi connectivity index (χ1v) is 5.79. The monoisotopic (exact) mass is 224 g/mol. The summed E-state index contributed by atoms with van der Waals surface area (Å²) in [5.74, 6) is 0. The molecule has 2 heterocycles. The molecule has 0 bridgehead atoms. The minimum Gasteiger partial charge on any atom is -0.396 e. The zero-order valence-corrected chi connectivity index (χ0v) is 9.97. The summed E-state index contributed by atoms with van der Waals surface area (Å²) in [6, 6.07) is 0. The number of rotatable bonds is 3. The summed E-state index contributed by atoms with van der Waals surface area (Å²) in [7, 11) is 0. The third kappa shape index (κ3) is 2.96. The Hall–Kier alpha value is -1.07. The highest BCUT2D eigenvalue weighted by Crippen LogP contribution is 2.10. The Kier molecular flexibility index (Phi) is 3.46. The van der Waals surface area contributed by atoms with E-state index in [9.17, 15) is 0 Å². The highest BCUT2D eigenvalue weighted by molar-refractivity contribution is 5.30. The van der Waals surface area contributed by atoms with Gasteiger partial charge in [-0.25, -0.2) is 0 Å². The van der Waals surface area contributed by atoms with Gasteiger partial charge in [0.2, 0.25) is 0 Å². The molecule has 1 aliphatic heterocycles. The summed E-state index contributed by atoms with van der Waals surface area (Å²) >= 11 is 0. The van der Waals surface area contributed by atoms with Gasteiger partial charge in [-0.3, -0.25) is 9.58 Å². The maximum absolute atomic E-state index is 5.69. The van der Waals surface area contributed by atoms with Crippen LogP contribution in [-0.4, -0.2) is 46.5 Å². The molecule has 5 nitrogen and oxygen atoms in total. The van der Waals surface area contributed by atoms with Gasteiger partial charge in [0.05, 0.1) is 30.6 Å². The van der Waals surface area contributed by atoms with Gasteiger partial charge in [-0.1, -0.05) is 0 Å². The number of nitrogens with two attached hydrogens (primary N) is 1. The Labute approximate surface area is 96.2 Å². The molecule has 1 aromatic heterocycles. The Balaban J connectivity index is 1.81. The standard InChI is InChI=1S/C11H20N4O/c1-9-6-14(7-10(2)16-9)3-4-15-8-11(12)5-13-15/h5,8-10H,3-4,6-7,12H2,1-2H3/t9-,10+. The third-order valence-electron chi connectivity index (χ3n) is 2.79. The van der Waals surface area contributed by atoms with Crippen molar-refractivity contribution in [2.45, 2.75) is 32.6 Å². The lowest BCUT2D eigenvalue weighted by molar-refractivity contribution is -0.0687. The van der Waals surface area contributed by atoms with Crippen molar-refractivity contribution in [3.05, 3.63) is 12.4 Å².